The molecule has 7 rings (SSSR count). The minimum absolute atomic E-state index is 0.0365. The molecule has 1 aromatic rings. The summed E-state index contributed by atoms with van der Waals surface area (Å²) in [7, 11) is 1.05. The van der Waals surface area contributed by atoms with Crippen molar-refractivity contribution < 1.29 is 78.2 Å². The van der Waals surface area contributed by atoms with E-state index in [1.807, 2.05) is 0 Å². The molecule has 3 aliphatic carbocycles. The molecule has 3 aliphatic heterocycles. The van der Waals surface area contributed by atoms with Crippen molar-refractivity contribution in [3.05, 3.63) is 47.7 Å². The van der Waals surface area contributed by atoms with Gasteiger partial charge >= 0.3 is 17.9 Å². The number of ketones is 1. The van der Waals surface area contributed by atoms with Crippen LogP contribution in [0.3, 0.4) is 0 Å². The van der Waals surface area contributed by atoms with Crippen LogP contribution in [0.25, 0.3) is 0 Å². The number of hydrogen-bond acceptors (Lipinski definition) is 16. The summed E-state index contributed by atoms with van der Waals surface area (Å²) in [6.07, 6.45) is -13.5. The summed E-state index contributed by atoms with van der Waals surface area (Å²) in [5.41, 5.74) is -5.04. The molecule has 3 saturated heterocycles. The molecule has 6 aliphatic rings. The summed E-state index contributed by atoms with van der Waals surface area (Å²) >= 11 is 0. The molecule has 0 aromatic heterocycles. The number of rotatable bonds is 6. The molecular formula is C34H40O16. The van der Waals surface area contributed by atoms with Crippen LogP contribution in [-0.2, 0) is 42.8 Å². The predicted molar refractivity (Wildman–Crippen MR) is 161 cm³/mol. The fraction of sp³-hybridized carbons (Fsp3) is 0.647. The highest BCUT2D eigenvalue weighted by Crippen LogP contribution is 2.72. The monoisotopic (exact) mass is 704 g/mol. The van der Waals surface area contributed by atoms with Crippen LogP contribution in [0.5, 0.6) is 0 Å². The van der Waals surface area contributed by atoms with Crippen LogP contribution in [0.15, 0.2) is 42.2 Å². The Kier molecular flexibility index (Phi) is 8.42. The molecule has 2 saturated carbocycles. The molecule has 0 radical (unpaired) electrons. The maximum atomic E-state index is 13.8. The van der Waals surface area contributed by atoms with Crippen LogP contribution in [0.4, 0.5) is 0 Å². The first-order valence-corrected chi connectivity index (χ1v) is 16.5. The molecule has 3 heterocycles. The van der Waals surface area contributed by atoms with Gasteiger partial charge in [-0.05, 0) is 36.0 Å². The number of carbonyl (C=O) groups is 4. The summed E-state index contributed by atoms with van der Waals surface area (Å²) in [6, 6.07) is 7.80. The van der Waals surface area contributed by atoms with E-state index in [1.54, 1.807) is 32.0 Å². The number of ether oxygens (including phenoxy) is 6. The summed E-state index contributed by atoms with van der Waals surface area (Å²) in [5.74, 6) is -7.95. The summed E-state index contributed by atoms with van der Waals surface area (Å²) < 4.78 is 34.4. The lowest BCUT2D eigenvalue weighted by molar-refractivity contribution is -0.295. The number of Topliss-reactive ketones (excluding diaryl/α,β-unsaturated/α-hetero) is 1. The average Bonchev–Trinajstić information content (AvgIpc) is 3.41. The van der Waals surface area contributed by atoms with Gasteiger partial charge in [-0.2, -0.15) is 0 Å². The van der Waals surface area contributed by atoms with Crippen molar-refractivity contribution in [2.75, 3.05) is 20.3 Å². The first kappa shape index (κ1) is 34.9. The number of fused-ring (bicyclic) bond motifs is 2. The molecule has 50 heavy (non-hydrogen) atoms. The first-order valence-electron chi connectivity index (χ1n) is 16.5. The second-order valence-corrected chi connectivity index (χ2v) is 14.4. The average molecular weight is 705 g/mol. The smallest absolute Gasteiger partial charge is 0.348 e. The van der Waals surface area contributed by atoms with Crippen molar-refractivity contribution in [1.82, 2.24) is 0 Å². The van der Waals surface area contributed by atoms with Gasteiger partial charge in [-0.1, -0.05) is 32.0 Å². The third-order valence-electron chi connectivity index (χ3n) is 12.2. The molecule has 0 amide bonds. The number of aliphatic hydroxyl groups excluding tert-OH is 6. The van der Waals surface area contributed by atoms with E-state index in [-0.39, 0.29) is 24.4 Å². The molecule has 16 nitrogen and oxygen atoms in total. The van der Waals surface area contributed by atoms with Crippen molar-refractivity contribution in [2.45, 2.75) is 81.0 Å². The molecule has 1 aromatic carbocycles. The molecular weight excluding hydrogens is 664 g/mol. The SMILES string of the molecule is COC(=O)[C@@]12OC[C@]34[C@H]([C@@H](O)[C@@H]1O)[C@@]1(C)C=C(O[C@@H]5O[C@H](CO)[C@@H](O)[C@H](O)[C@H]5O)C(=O)[C@@H](C)[C@@H]1C[C@H]3OC(=O)[C@H](OC(=O)c1ccccc1)[C@@H]24. The van der Waals surface area contributed by atoms with E-state index in [9.17, 15) is 49.8 Å². The third kappa shape index (κ3) is 4.52. The second kappa shape index (κ2) is 12.1. The number of allylic oxidation sites excluding steroid dienone is 2. The van der Waals surface area contributed by atoms with Gasteiger partial charge in [0, 0.05) is 17.3 Å². The van der Waals surface area contributed by atoms with Crippen molar-refractivity contribution in [3.8, 4) is 0 Å². The molecule has 16 heteroatoms. The van der Waals surface area contributed by atoms with Crippen molar-refractivity contribution in [1.29, 1.82) is 0 Å². The standard InChI is InChI=1S/C34H40O16/c1-13-15-9-18-33-12-46-34(31(44)45-3,26(33)24(29(43)49-18)50-28(42)14-7-5-4-6-8-14)27(41)23(40)25(33)32(15,2)10-16(19(13)36)47-30-22(39)21(38)20(37)17(11-35)48-30/h4-8,10,13,15,17-18,20-27,30,35,37-41H,9,11-12H2,1-3H3/t13-,15-,17+,18+,20+,21-,22+,23+,24+,25+,26+,27-,30+,32-,33+,34-/m0/s1. The van der Waals surface area contributed by atoms with Crippen LogP contribution in [0.2, 0.25) is 0 Å². The summed E-state index contributed by atoms with van der Waals surface area (Å²) in [4.78, 5) is 54.7. The highest BCUT2D eigenvalue weighted by atomic mass is 16.7. The summed E-state index contributed by atoms with van der Waals surface area (Å²) in [5, 5.41) is 64.9. The van der Waals surface area contributed by atoms with Gasteiger partial charge in [0.2, 0.25) is 18.0 Å². The van der Waals surface area contributed by atoms with Gasteiger partial charge in [-0.15, -0.1) is 0 Å². The lowest BCUT2D eigenvalue weighted by Crippen LogP contribution is -2.79. The Balaban J connectivity index is 1.34. The van der Waals surface area contributed by atoms with Crippen LogP contribution < -0.4 is 0 Å². The molecule has 16 atom stereocenters. The lowest BCUT2D eigenvalue weighted by atomic mass is 9.38. The third-order valence-corrected chi connectivity index (χ3v) is 12.2. The fourth-order valence-corrected chi connectivity index (χ4v) is 9.93. The Hall–Kier alpha value is -3.48. The normalized spacial score (nSPS) is 47.6. The number of hydrogen-bond donors (Lipinski definition) is 6. The van der Waals surface area contributed by atoms with Gasteiger partial charge in [0.15, 0.2) is 11.5 Å². The minimum atomic E-state index is -2.36. The van der Waals surface area contributed by atoms with E-state index < -0.39 is 126 Å². The number of carbonyl (C=O) groups excluding carboxylic acids is 4. The van der Waals surface area contributed by atoms with E-state index in [4.69, 9.17) is 28.4 Å². The highest BCUT2D eigenvalue weighted by molar-refractivity contribution is 5.97. The number of esters is 3. The van der Waals surface area contributed by atoms with Gasteiger partial charge in [0.25, 0.3) is 0 Å². The molecule has 5 fully saturated rings. The van der Waals surface area contributed by atoms with Crippen LogP contribution in [-0.4, -0.2) is 135 Å². The van der Waals surface area contributed by atoms with E-state index in [0.29, 0.717) is 0 Å². The van der Waals surface area contributed by atoms with Crippen LogP contribution in [0, 0.1) is 34.5 Å². The first-order chi connectivity index (χ1) is 23.7. The van der Waals surface area contributed by atoms with E-state index >= 15 is 0 Å². The Bertz CT molecular complexity index is 1600. The quantitative estimate of drug-likeness (QED) is 0.138. The molecule has 6 N–H and O–H groups in total. The number of aliphatic hydroxyl groups is 6. The van der Waals surface area contributed by atoms with Crippen LogP contribution >= 0.6 is 0 Å². The van der Waals surface area contributed by atoms with Crippen LogP contribution in [0.1, 0.15) is 30.6 Å². The van der Waals surface area contributed by atoms with Gasteiger partial charge in [-0.25, -0.2) is 14.4 Å². The number of methoxy groups -OCH3 is 1. The molecule has 0 unspecified atom stereocenters. The maximum absolute atomic E-state index is 13.8. The van der Waals surface area contributed by atoms with E-state index in [2.05, 4.69) is 0 Å². The number of benzene rings is 1. The second-order valence-electron chi connectivity index (χ2n) is 14.4. The van der Waals surface area contributed by atoms with Crippen molar-refractivity contribution >= 4 is 23.7 Å². The van der Waals surface area contributed by atoms with E-state index in [0.717, 1.165) is 7.11 Å². The topological polar surface area (TPSA) is 245 Å². The zero-order valence-corrected chi connectivity index (χ0v) is 27.4. The highest BCUT2D eigenvalue weighted by Gasteiger charge is 2.85. The van der Waals surface area contributed by atoms with Crippen molar-refractivity contribution in [3.63, 3.8) is 0 Å². The Morgan fingerprint density at radius 2 is 1.68 bits per heavy atom. The fourth-order valence-electron chi connectivity index (χ4n) is 9.93. The Labute approximate surface area is 285 Å². The Morgan fingerprint density at radius 1 is 0.980 bits per heavy atom. The molecule has 272 valence electrons. The molecule has 1 spiro atoms. The maximum Gasteiger partial charge on any atom is 0.348 e. The van der Waals surface area contributed by atoms with Gasteiger partial charge < -0.3 is 59.1 Å². The largest absolute Gasteiger partial charge is 0.467 e. The molecule has 2 bridgehead atoms. The zero-order valence-electron chi connectivity index (χ0n) is 27.4. The van der Waals surface area contributed by atoms with Gasteiger partial charge in [0.1, 0.15) is 36.6 Å². The van der Waals surface area contributed by atoms with Crippen molar-refractivity contribution in [2.24, 2.45) is 34.5 Å². The lowest BCUT2D eigenvalue weighted by Gasteiger charge is -2.67. The van der Waals surface area contributed by atoms with Gasteiger partial charge in [0.05, 0.1) is 37.9 Å². The summed E-state index contributed by atoms with van der Waals surface area (Å²) in [6.45, 7) is 2.24. The zero-order chi connectivity index (χ0) is 36.1. The Morgan fingerprint density at radius 3 is 2.34 bits per heavy atom. The van der Waals surface area contributed by atoms with Gasteiger partial charge in [-0.3, -0.25) is 4.79 Å². The van der Waals surface area contributed by atoms with E-state index in [1.165, 1.54) is 18.2 Å². The predicted octanol–water partition coefficient (Wildman–Crippen LogP) is -2.02. The minimum Gasteiger partial charge on any atom is -0.467 e.